The minimum Gasteiger partial charge on any atom is -0.375 e. The van der Waals surface area contributed by atoms with Crippen LogP contribution in [-0.2, 0) is 0 Å². The molecule has 1 aromatic carbocycles. The molecule has 1 atom stereocenters. The minimum atomic E-state index is -0.402. The molecule has 0 saturated carbocycles. The lowest BCUT2D eigenvalue weighted by Crippen LogP contribution is -2.39. The first-order valence-corrected chi connectivity index (χ1v) is 6.33. The first-order chi connectivity index (χ1) is 8.56. The molecule has 1 fully saturated rings. The highest BCUT2D eigenvalue weighted by Gasteiger charge is 2.21. The minimum absolute atomic E-state index is 0.0377. The fourth-order valence-electron chi connectivity index (χ4n) is 2.28. The van der Waals surface area contributed by atoms with Gasteiger partial charge in [-0.3, -0.25) is 10.1 Å². The van der Waals surface area contributed by atoms with E-state index in [9.17, 15) is 10.1 Å². The second-order valence-corrected chi connectivity index (χ2v) is 5.10. The lowest BCUT2D eigenvalue weighted by atomic mass is 10.1. The highest BCUT2D eigenvalue weighted by molar-refractivity contribution is 6.30. The van der Waals surface area contributed by atoms with E-state index in [4.69, 9.17) is 11.6 Å². The molecular weight excluding hydrogens is 254 g/mol. The Morgan fingerprint density at radius 2 is 2.33 bits per heavy atom. The zero-order valence-electron chi connectivity index (χ0n) is 10.2. The monoisotopic (exact) mass is 269 g/mol. The van der Waals surface area contributed by atoms with Gasteiger partial charge < -0.3 is 10.2 Å². The lowest BCUT2D eigenvalue weighted by molar-refractivity contribution is -0.384. The van der Waals surface area contributed by atoms with E-state index in [0.717, 1.165) is 25.9 Å². The quantitative estimate of drug-likeness (QED) is 0.677. The topological polar surface area (TPSA) is 58.4 Å². The Labute approximate surface area is 111 Å². The van der Waals surface area contributed by atoms with Crippen molar-refractivity contribution in [2.75, 3.05) is 25.5 Å². The van der Waals surface area contributed by atoms with E-state index in [2.05, 4.69) is 17.3 Å². The smallest absolute Gasteiger partial charge is 0.293 e. The first-order valence-electron chi connectivity index (χ1n) is 5.95. The van der Waals surface area contributed by atoms with Gasteiger partial charge in [-0.25, -0.2) is 0 Å². The van der Waals surface area contributed by atoms with Crippen molar-refractivity contribution in [3.63, 3.8) is 0 Å². The fourth-order valence-corrected chi connectivity index (χ4v) is 2.45. The summed E-state index contributed by atoms with van der Waals surface area (Å²) in [6, 6.07) is 4.98. The average molecular weight is 270 g/mol. The number of piperidine rings is 1. The molecule has 1 heterocycles. The standard InChI is InChI=1S/C12H16ClN3O2/c1-15-6-2-3-10(8-15)14-11-5-4-9(13)7-12(11)16(17)18/h4-5,7,10,14H,2-3,6,8H2,1H3. The van der Waals surface area contributed by atoms with E-state index in [1.807, 2.05) is 0 Å². The third-order valence-electron chi connectivity index (χ3n) is 3.14. The van der Waals surface area contributed by atoms with Crippen LogP contribution in [0.1, 0.15) is 12.8 Å². The van der Waals surface area contributed by atoms with E-state index in [1.54, 1.807) is 12.1 Å². The molecule has 98 valence electrons. The number of nitrogens with zero attached hydrogens (tertiary/aromatic N) is 2. The molecule has 1 N–H and O–H groups in total. The van der Waals surface area contributed by atoms with Crippen LogP contribution in [0.25, 0.3) is 0 Å². The van der Waals surface area contributed by atoms with Gasteiger partial charge in [0.15, 0.2) is 0 Å². The summed E-state index contributed by atoms with van der Waals surface area (Å²) in [5.74, 6) is 0. The van der Waals surface area contributed by atoms with Crippen LogP contribution in [-0.4, -0.2) is 36.0 Å². The van der Waals surface area contributed by atoms with Gasteiger partial charge >= 0.3 is 0 Å². The Balaban J connectivity index is 2.15. The number of hydrogen-bond acceptors (Lipinski definition) is 4. The van der Waals surface area contributed by atoms with Crippen LogP contribution in [0.15, 0.2) is 18.2 Å². The Morgan fingerprint density at radius 1 is 1.56 bits per heavy atom. The number of likely N-dealkylation sites (tertiary alicyclic amines) is 1. The Kier molecular flexibility index (Phi) is 4.04. The zero-order valence-corrected chi connectivity index (χ0v) is 11.0. The Hall–Kier alpha value is -1.33. The van der Waals surface area contributed by atoms with Crippen LogP contribution in [0, 0.1) is 10.1 Å². The number of nitro groups is 1. The predicted octanol–water partition coefficient (Wildman–Crippen LogP) is 2.75. The second kappa shape index (κ2) is 5.54. The van der Waals surface area contributed by atoms with Crippen LogP contribution >= 0.6 is 11.6 Å². The molecule has 0 bridgehead atoms. The van der Waals surface area contributed by atoms with Gasteiger partial charge in [0.25, 0.3) is 5.69 Å². The molecule has 0 aromatic heterocycles. The maximum Gasteiger partial charge on any atom is 0.293 e. The molecule has 0 spiro atoms. The molecule has 0 radical (unpaired) electrons. The molecule has 1 aliphatic rings. The first kappa shape index (κ1) is 13.1. The largest absolute Gasteiger partial charge is 0.375 e. The molecule has 1 saturated heterocycles. The van der Waals surface area contributed by atoms with E-state index in [1.165, 1.54) is 6.07 Å². The van der Waals surface area contributed by atoms with Gasteiger partial charge in [-0.1, -0.05) is 11.6 Å². The Bertz CT molecular complexity index is 453. The molecular formula is C12H16ClN3O2. The lowest BCUT2D eigenvalue weighted by Gasteiger charge is -2.30. The van der Waals surface area contributed by atoms with Gasteiger partial charge in [-0.15, -0.1) is 0 Å². The van der Waals surface area contributed by atoms with Crippen molar-refractivity contribution in [3.05, 3.63) is 33.3 Å². The second-order valence-electron chi connectivity index (χ2n) is 4.66. The summed E-state index contributed by atoms with van der Waals surface area (Å²) in [6.07, 6.45) is 2.14. The maximum absolute atomic E-state index is 11.0. The summed E-state index contributed by atoms with van der Waals surface area (Å²) in [5.41, 5.74) is 0.584. The molecule has 6 heteroatoms. The van der Waals surface area contributed by atoms with Crippen LogP contribution in [0.4, 0.5) is 11.4 Å². The highest BCUT2D eigenvalue weighted by atomic mass is 35.5. The highest BCUT2D eigenvalue weighted by Crippen LogP contribution is 2.29. The molecule has 1 aliphatic heterocycles. The fraction of sp³-hybridized carbons (Fsp3) is 0.500. The van der Waals surface area contributed by atoms with Crippen molar-refractivity contribution in [2.24, 2.45) is 0 Å². The van der Waals surface area contributed by atoms with Gasteiger partial charge in [0.2, 0.25) is 0 Å². The van der Waals surface area contributed by atoms with E-state index < -0.39 is 4.92 Å². The SMILES string of the molecule is CN1CCCC(Nc2ccc(Cl)cc2[N+](=O)[O-])C1. The third kappa shape index (κ3) is 3.11. The van der Waals surface area contributed by atoms with E-state index >= 15 is 0 Å². The van der Waals surface area contributed by atoms with E-state index in [0.29, 0.717) is 10.7 Å². The number of hydrogen-bond donors (Lipinski definition) is 1. The average Bonchev–Trinajstić information content (AvgIpc) is 2.31. The Morgan fingerprint density at radius 3 is 3.00 bits per heavy atom. The number of likely N-dealkylation sites (N-methyl/N-ethyl adjacent to an activating group) is 1. The number of benzene rings is 1. The van der Waals surface area contributed by atoms with Crippen LogP contribution in [0.5, 0.6) is 0 Å². The summed E-state index contributed by atoms with van der Waals surface area (Å²) in [7, 11) is 2.06. The molecule has 0 aliphatic carbocycles. The molecule has 1 unspecified atom stereocenters. The van der Waals surface area contributed by atoms with Crippen LogP contribution in [0.3, 0.4) is 0 Å². The third-order valence-corrected chi connectivity index (χ3v) is 3.38. The number of nitrogens with one attached hydrogen (secondary N) is 1. The van der Waals surface area contributed by atoms with Crippen LogP contribution < -0.4 is 5.32 Å². The van der Waals surface area contributed by atoms with Gasteiger partial charge in [-0.05, 0) is 38.6 Å². The summed E-state index contributed by atoms with van der Waals surface area (Å²) < 4.78 is 0. The van der Waals surface area contributed by atoms with Gasteiger partial charge in [0, 0.05) is 23.7 Å². The van der Waals surface area contributed by atoms with E-state index in [-0.39, 0.29) is 11.7 Å². The van der Waals surface area contributed by atoms with Crippen molar-refractivity contribution in [3.8, 4) is 0 Å². The van der Waals surface area contributed by atoms with Gasteiger partial charge in [0.05, 0.1) is 4.92 Å². The predicted molar refractivity (Wildman–Crippen MR) is 72.2 cm³/mol. The molecule has 5 nitrogen and oxygen atoms in total. The zero-order chi connectivity index (χ0) is 13.1. The molecule has 1 aromatic rings. The van der Waals surface area contributed by atoms with Crippen molar-refractivity contribution < 1.29 is 4.92 Å². The molecule has 0 amide bonds. The number of halogens is 1. The van der Waals surface area contributed by atoms with Crippen molar-refractivity contribution >= 4 is 23.0 Å². The maximum atomic E-state index is 11.0. The summed E-state index contributed by atoms with van der Waals surface area (Å²) in [4.78, 5) is 12.8. The summed E-state index contributed by atoms with van der Waals surface area (Å²) in [6.45, 7) is 1.99. The van der Waals surface area contributed by atoms with Crippen LogP contribution in [0.2, 0.25) is 5.02 Å². The van der Waals surface area contributed by atoms with Crippen molar-refractivity contribution in [1.29, 1.82) is 0 Å². The normalized spacial score (nSPS) is 20.7. The van der Waals surface area contributed by atoms with Gasteiger partial charge in [0.1, 0.15) is 5.69 Å². The molecule has 18 heavy (non-hydrogen) atoms. The van der Waals surface area contributed by atoms with Gasteiger partial charge in [-0.2, -0.15) is 0 Å². The molecule has 2 rings (SSSR count). The van der Waals surface area contributed by atoms with Crippen molar-refractivity contribution in [2.45, 2.75) is 18.9 Å². The number of anilines is 1. The van der Waals surface area contributed by atoms with Crippen molar-refractivity contribution in [1.82, 2.24) is 4.90 Å². The summed E-state index contributed by atoms with van der Waals surface area (Å²) in [5, 5.41) is 14.6. The number of rotatable bonds is 3. The summed E-state index contributed by atoms with van der Waals surface area (Å²) >= 11 is 5.79. The number of nitro benzene ring substituents is 1.